The summed E-state index contributed by atoms with van der Waals surface area (Å²) in [5, 5.41) is 54.2. The Bertz CT molecular complexity index is 974. The zero-order valence-electron chi connectivity index (χ0n) is 37.7. The third-order valence-corrected chi connectivity index (χ3v) is 11.7. The van der Waals surface area contributed by atoms with Crippen LogP contribution < -0.4 is 5.32 Å². The molecule has 0 aliphatic carbocycles. The molecule has 0 spiro atoms. The van der Waals surface area contributed by atoms with Gasteiger partial charge in [-0.1, -0.05) is 199 Å². The minimum Gasteiger partial charge on any atom is -0.394 e. The van der Waals surface area contributed by atoms with Gasteiger partial charge in [0.1, 0.15) is 24.4 Å². The van der Waals surface area contributed by atoms with Gasteiger partial charge >= 0.3 is 0 Å². The molecule has 1 saturated heterocycles. The number of ether oxygens (including phenoxy) is 2. The number of allylic oxidation sites excluding steroid dienone is 3. The average molecular weight is 824 g/mol. The Morgan fingerprint density at radius 2 is 1.07 bits per heavy atom. The van der Waals surface area contributed by atoms with Gasteiger partial charge in [-0.3, -0.25) is 4.79 Å². The molecule has 0 aromatic heterocycles. The van der Waals surface area contributed by atoms with Crippen LogP contribution in [0.4, 0.5) is 0 Å². The second-order valence-electron chi connectivity index (χ2n) is 17.7. The summed E-state index contributed by atoms with van der Waals surface area (Å²) in [5.74, 6) is 0.594. The zero-order valence-corrected chi connectivity index (χ0v) is 37.7. The molecule has 1 amide bonds. The molecule has 0 aromatic carbocycles. The summed E-state index contributed by atoms with van der Waals surface area (Å²) in [6.45, 7) is 6.09. The molecule has 1 rings (SSSR count). The van der Waals surface area contributed by atoms with Crippen LogP contribution in [0.25, 0.3) is 0 Å². The molecular weight excluding hydrogens is 731 g/mol. The first-order chi connectivity index (χ1) is 28.2. The van der Waals surface area contributed by atoms with Crippen molar-refractivity contribution in [2.24, 2.45) is 5.92 Å². The van der Waals surface area contributed by atoms with Gasteiger partial charge in [0.05, 0.1) is 25.4 Å². The number of carbonyl (C=O) groups excluding carboxylic acids is 1. The molecule has 9 heteroatoms. The fourth-order valence-electron chi connectivity index (χ4n) is 7.76. The van der Waals surface area contributed by atoms with Gasteiger partial charge in [-0.05, 0) is 44.4 Å². The van der Waals surface area contributed by atoms with Crippen molar-refractivity contribution in [3.05, 3.63) is 24.3 Å². The lowest BCUT2D eigenvalue weighted by molar-refractivity contribution is -0.302. The highest BCUT2D eigenvalue weighted by Gasteiger charge is 2.44. The molecule has 0 saturated carbocycles. The van der Waals surface area contributed by atoms with Crippen molar-refractivity contribution in [1.82, 2.24) is 5.32 Å². The van der Waals surface area contributed by atoms with Gasteiger partial charge in [0.25, 0.3) is 0 Å². The summed E-state index contributed by atoms with van der Waals surface area (Å²) in [7, 11) is 0. The molecule has 0 bridgehead atoms. The van der Waals surface area contributed by atoms with Gasteiger partial charge < -0.3 is 40.3 Å². The van der Waals surface area contributed by atoms with E-state index in [1.54, 1.807) is 6.08 Å². The lowest BCUT2D eigenvalue weighted by Crippen LogP contribution is -2.60. The van der Waals surface area contributed by atoms with Crippen molar-refractivity contribution >= 4 is 5.91 Å². The van der Waals surface area contributed by atoms with Crippen LogP contribution in [0.1, 0.15) is 220 Å². The Balaban J connectivity index is 2.32. The van der Waals surface area contributed by atoms with Crippen LogP contribution in [0.15, 0.2) is 24.3 Å². The first-order valence-electron chi connectivity index (χ1n) is 24.4. The van der Waals surface area contributed by atoms with E-state index in [0.717, 1.165) is 38.0 Å². The molecule has 0 aromatic rings. The van der Waals surface area contributed by atoms with Crippen LogP contribution >= 0.6 is 0 Å². The van der Waals surface area contributed by atoms with Crippen molar-refractivity contribution in [1.29, 1.82) is 0 Å². The van der Waals surface area contributed by atoms with Crippen LogP contribution in [-0.4, -0.2) is 87.5 Å². The molecule has 342 valence electrons. The fraction of sp³-hybridized carbons (Fsp3) is 0.898. The molecule has 7 atom stereocenters. The molecule has 1 aliphatic rings. The molecule has 1 heterocycles. The second kappa shape index (κ2) is 38.6. The number of amides is 1. The number of nitrogens with one attached hydrogen (secondary N) is 1. The highest BCUT2D eigenvalue weighted by molar-refractivity contribution is 5.76. The van der Waals surface area contributed by atoms with Gasteiger partial charge in [0, 0.05) is 6.42 Å². The maximum atomic E-state index is 13.0. The summed E-state index contributed by atoms with van der Waals surface area (Å²) in [6.07, 6.45) is 38.1. The second-order valence-corrected chi connectivity index (χ2v) is 17.7. The van der Waals surface area contributed by atoms with Crippen molar-refractivity contribution in [2.45, 2.75) is 263 Å². The number of rotatable bonds is 40. The molecule has 7 unspecified atom stereocenters. The van der Waals surface area contributed by atoms with Crippen molar-refractivity contribution < 1.29 is 39.8 Å². The monoisotopic (exact) mass is 824 g/mol. The summed E-state index contributed by atoms with van der Waals surface area (Å²) < 4.78 is 11.2. The van der Waals surface area contributed by atoms with E-state index in [-0.39, 0.29) is 12.5 Å². The summed E-state index contributed by atoms with van der Waals surface area (Å²) in [4.78, 5) is 13.0. The van der Waals surface area contributed by atoms with E-state index in [1.807, 2.05) is 6.08 Å². The molecule has 1 fully saturated rings. The summed E-state index contributed by atoms with van der Waals surface area (Å²) >= 11 is 0. The van der Waals surface area contributed by atoms with Crippen LogP contribution in [0.3, 0.4) is 0 Å². The molecular formula is C49H93NO8. The Kier molecular flexibility index (Phi) is 36.4. The Morgan fingerprint density at radius 1 is 0.621 bits per heavy atom. The van der Waals surface area contributed by atoms with Crippen LogP contribution in [0.5, 0.6) is 0 Å². The fourth-order valence-corrected chi connectivity index (χ4v) is 7.76. The highest BCUT2D eigenvalue weighted by atomic mass is 16.7. The zero-order chi connectivity index (χ0) is 42.5. The number of aliphatic hydroxyl groups is 5. The molecule has 0 radical (unpaired) electrons. The van der Waals surface area contributed by atoms with Crippen molar-refractivity contribution in [3.8, 4) is 0 Å². The Morgan fingerprint density at radius 3 is 1.55 bits per heavy atom. The number of hydrogen-bond donors (Lipinski definition) is 6. The van der Waals surface area contributed by atoms with Crippen LogP contribution in [0.2, 0.25) is 0 Å². The van der Waals surface area contributed by atoms with Gasteiger partial charge in [-0.2, -0.15) is 0 Å². The number of unbranched alkanes of at least 4 members (excludes halogenated alkanes) is 26. The van der Waals surface area contributed by atoms with E-state index >= 15 is 0 Å². The quantitative estimate of drug-likeness (QED) is 0.0264. The van der Waals surface area contributed by atoms with E-state index in [2.05, 4.69) is 38.2 Å². The molecule has 9 nitrogen and oxygen atoms in total. The van der Waals surface area contributed by atoms with Gasteiger partial charge in [-0.15, -0.1) is 0 Å². The lowest BCUT2D eigenvalue weighted by Gasteiger charge is -2.40. The van der Waals surface area contributed by atoms with E-state index in [0.29, 0.717) is 12.8 Å². The molecule has 1 aliphatic heterocycles. The smallest absolute Gasteiger partial charge is 0.220 e. The third kappa shape index (κ3) is 29.8. The highest BCUT2D eigenvalue weighted by Crippen LogP contribution is 2.23. The van der Waals surface area contributed by atoms with E-state index in [4.69, 9.17) is 9.47 Å². The minimum atomic E-state index is -1.57. The number of carbonyl (C=O) groups is 1. The van der Waals surface area contributed by atoms with Crippen molar-refractivity contribution in [2.75, 3.05) is 13.2 Å². The summed E-state index contributed by atoms with van der Waals surface area (Å²) in [6, 6.07) is -0.817. The third-order valence-electron chi connectivity index (χ3n) is 11.7. The minimum absolute atomic E-state index is 0.198. The van der Waals surface area contributed by atoms with Gasteiger partial charge in [0.2, 0.25) is 5.91 Å². The Hall–Kier alpha value is -1.33. The van der Waals surface area contributed by atoms with Crippen LogP contribution in [0, 0.1) is 5.92 Å². The van der Waals surface area contributed by atoms with Gasteiger partial charge in [0.15, 0.2) is 6.29 Å². The van der Waals surface area contributed by atoms with E-state index in [1.165, 1.54) is 154 Å². The van der Waals surface area contributed by atoms with Crippen LogP contribution in [-0.2, 0) is 14.3 Å². The standard InChI is InChI=1S/C49H93NO8/c1-4-5-6-7-8-9-10-11-12-13-14-15-16-17-18-19-23-26-29-32-35-38-45(53)50-42(40-57-49-48(56)47(55)46(54)44(39-51)58-49)43(52)37-34-31-28-25-22-20-21-24-27-30-33-36-41(2)3/h26,29,34,37,41-44,46-49,51-52,54-56H,4-25,27-28,30-33,35-36,38-40H2,1-3H3,(H,50,53). The number of hydrogen-bond acceptors (Lipinski definition) is 8. The first-order valence-corrected chi connectivity index (χ1v) is 24.4. The SMILES string of the molecule is CCCCCCCCCCCCCCCCCCC=CCCCC(=O)NC(COC1OC(CO)C(O)C(O)C1O)C(O)C=CCCCCCCCCCCCC(C)C. The maximum absolute atomic E-state index is 13.0. The maximum Gasteiger partial charge on any atom is 0.220 e. The Labute approximate surface area is 356 Å². The molecule has 58 heavy (non-hydrogen) atoms. The average Bonchev–Trinajstić information content (AvgIpc) is 3.21. The predicted octanol–water partition coefficient (Wildman–Crippen LogP) is 10.5. The predicted molar refractivity (Wildman–Crippen MR) is 240 cm³/mol. The van der Waals surface area contributed by atoms with E-state index < -0.39 is 49.5 Å². The molecule has 6 N–H and O–H groups in total. The topological polar surface area (TPSA) is 149 Å². The number of aliphatic hydroxyl groups excluding tert-OH is 5. The first kappa shape index (κ1) is 54.7. The largest absolute Gasteiger partial charge is 0.394 e. The lowest BCUT2D eigenvalue weighted by atomic mass is 9.99. The van der Waals surface area contributed by atoms with Crippen molar-refractivity contribution in [3.63, 3.8) is 0 Å². The van der Waals surface area contributed by atoms with E-state index in [9.17, 15) is 30.3 Å². The normalized spacial score (nSPS) is 21.1. The summed E-state index contributed by atoms with van der Waals surface area (Å²) in [5.41, 5.74) is 0. The van der Waals surface area contributed by atoms with Gasteiger partial charge in [-0.25, -0.2) is 0 Å².